The van der Waals surface area contributed by atoms with Crippen LogP contribution in [0.1, 0.15) is 6.92 Å². The van der Waals surface area contributed by atoms with E-state index in [9.17, 15) is 0 Å². The van der Waals surface area contributed by atoms with Crippen LogP contribution in [0.5, 0.6) is 0 Å². The van der Waals surface area contributed by atoms with Crippen molar-refractivity contribution in [1.82, 2.24) is 4.90 Å². The lowest BCUT2D eigenvalue weighted by Gasteiger charge is -2.22. The maximum absolute atomic E-state index is 4.35. The first-order valence-corrected chi connectivity index (χ1v) is 3.69. The molecule has 3 heteroatoms. The van der Waals surface area contributed by atoms with Gasteiger partial charge in [0.05, 0.1) is 18.8 Å². The summed E-state index contributed by atoms with van der Waals surface area (Å²) < 4.78 is 0. The van der Waals surface area contributed by atoms with Gasteiger partial charge < -0.3 is 4.90 Å². The Morgan fingerprint density at radius 3 is 2.60 bits per heavy atom. The van der Waals surface area contributed by atoms with Gasteiger partial charge in [-0.2, -0.15) is 0 Å². The van der Waals surface area contributed by atoms with Crippen molar-refractivity contribution in [3.05, 3.63) is 0 Å². The van der Waals surface area contributed by atoms with Gasteiger partial charge >= 0.3 is 0 Å². The molecule has 0 radical (unpaired) electrons. The minimum absolute atomic E-state index is 0.949. The van der Waals surface area contributed by atoms with E-state index in [0.717, 1.165) is 37.7 Å². The van der Waals surface area contributed by atoms with Gasteiger partial charge in [-0.1, -0.05) is 0 Å². The van der Waals surface area contributed by atoms with Gasteiger partial charge in [-0.3, -0.25) is 9.98 Å². The van der Waals surface area contributed by atoms with Crippen molar-refractivity contribution in [3.63, 3.8) is 0 Å². The fourth-order valence-electron chi connectivity index (χ4n) is 1.45. The average Bonchev–Trinajstić information content (AvgIpc) is 2.36. The summed E-state index contributed by atoms with van der Waals surface area (Å²) in [6.45, 7) is 6.11. The summed E-state index contributed by atoms with van der Waals surface area (Å²) in [6, 6.07) is 0. The van der Waals surface area contributed by atoms with Gasteiger partial charge in [-0.15, -0.1) is 0 Å². The maximum atomic E-state index is 4.35. The first kappa shape index (κ1) is 5.89. The fraction of sp³-hybridized carbons (Fsp3) is 0.714. The quantitative estimate of drug-likeness (QED) is 0.468. The lowest BCUT2D eigenvalue weighted by atomic mass is 10.3. The molecule has 0 fully saturated rings. The third-order valence-electron chi connectivity index (χ3n) is 1.97. The van der Waals surface area contributed by atoms with Crippen LogP contribution in [0.25, 0.3) is 0 Å². The van der Waals surface area contributed by atoms with Gasteiger partial charge in [0.1, 0.15) is 5.84 Å². The molecule has 0 spiro atoms. The Morgan fingerprint density at radius 2 is 1.90 bits per heavy atom. The van der Waals surface area contributed by atoms with E-state index in [-0.39, 0.29) is 0 Å². The van der Waals surface area contributed by atoms with Gasteiger partial charge in [0.15, 0.2) is 0 Å². The highest BCUT2D eigenvalue weighted by molar-refractivity contribution is 6.41. The Hall–Kier alpha value is -0.860. The monoisotopic (exact) mass is 137 g/mol. The molecule has 0 atom stereocenters. The molecule has 0 aromatic carbocycles. The summed E-state index contributed by atoms with van der Waals surface area (Å²) in [5.41, 5.74) is 1.11. The first-order chi connectivity index (χ1) is 4.88. The van der Waals surface area contributed by atoms with E-state index >= 15 is 0 Å². The van der Waals surface area contributed by atoms with Crippen LogP contribution in [-0.2, 0) is 0 Å². The highest BCUT2D eigenvalue weighted by atomic mass is 15.3. The predicted octanol–water partition coefficient (Wildman–Crippen LogP) is 0.175. The molecule has 0 aromatic heterocycles. The van der Waals surface area contributed by atoms with Crippen molar-refractivity contribution in [1.29, 1.82) is 0 Å². The molecule has 0 saturated carbocycles. The molecule has 0 N–H and O–H groups in total. The van der Waals surface area contributed by atoms with Crippen LogP contribution in [-0.4, -0.2) is 42.6 Å². The second kappa shape index (κ2) is 2.08. The maximum Gasteiger partial charge on any atom is 0.145 e. The van der Waals surface area contributed by atoms with Crippen LogP contribution < -0.4 is 0 Å². The van der Waals surface area contributed by atoms with Crippen LogP contribution in [0.15, 0.2) is 9.98 Å². The van der Waals surface area contributed by atoms with E-state index in [1.54, 1.807) is 0 Å². The van der Waals surface area contributed by atoms with Crippen molar-refractivity contribution in [2.45, 2.75) is 6.92 Å². The third kappa shape index (κ3) is 0.735. The molecule has 2 aliphatic rings. The van der Waals surface area contributed by atoms with Crippen molar-refractivity contribution in [2.24, 2.45) is 9.98 Å². The molecule has 3 nitrogen and oxygen atoms in total. The summed E-state index contributed by atoms with van der Waals surface area (Å²) in [4.78, 5) is 11.0. The Kier molecular flexibility index (Phi) is 1.22. The molecular weight excluding hydrogens is 126 g/mol. The predicted molar refractivity (Wildman–Crippen MR) is 41.9 cm³/mol. The molecule has 0 saturated heterocycles. The van der Waals surface area contributed by atoms with E-state index in [1.807, 2.05) is 6.92 Å². The van der Waals surface area contributed by atoms with E-state index < -0.39 is 0 Å². The van der Waals surface area contributed by atoms with E-state index in [4.69, 9.17) is 0 Å². The molecule has 0 aromatic rings. The number of rotatable bonds is 0. The minimum Gasteiger partial charge on any atom is -0.352 e. The van der Waals surface area contributed by atoms with Crippen LogP contribution in [0.4, 0.5) is 0 Å². The van der Waals surface area contributed by atoms with Crippen molar-refractivity contribution < 1.29 is 0 Å². The molecule has 0 unspecified atom stereocenters. The average molecular weight is 137 g/mol. The standard InChI is InChI=1S/C7H11N3/c1-6-7-9-3-5-10(7)4-2-8-6/h2-5H2,1H3. The molecule has 2 rings (SSSR count). The summed E-state index contributed by atoms with van der Waals surface area (Å²) in [5.74, 6) is 1.13. The minimum atomic E-state index is 0.949. The number of amidine groups is 1. The largest absolute Gasteiger partial charge is 0.352 e. The molecule has 2 aliphatic heterocycles. The van der Waals surface area contributed by atoms with Crippen LogP contribution in [0.3, 0.4) is 0 Å². The second-order valence-electron chi connectivity index (χ2n) is 2.66. The molecule has 0 aliphatic carbocycles. The number of aliphatic imine (C=N–C) groups is 2. The topological polar surface area (TPSA) is 28.0 Å². The molecule has 10 heavy (non-hydrogen) atoms. The van der Waals surface area contributed by atoms with Gasteiger partial charge in [0.25, 0.3) is 0 Å². The number of hydrogen-bond donors (Lipinski definition) is 0. The summed E-state index contributed by atoms with van der Waals surface area (Å²) in [7, 11) is 0. The Labute approximate surface area is 60.5 Å². The third-order valence-corrected chi connectivity index (χ3v) is 1.97. The van der Waals surface area contributed by atoms with E-state index in [0.29, 0.717) is 0 Å². The highest BCUT2D eigenvalue weighted by Gasteiger charge is 2.21. The van der Waals surface area contributed by atoms with Crippen LogP contribution in [0.2, 0.25) is 0 Å². The molecule has 54 valence electrons. The van der Waals surface area contributed by atoms with Gasteiger partial charge in [0.2, 0.25) is 0 Å². The van der Waals surface area contributed by atoms with Gasteiger partial charge in [0, 0.05) is 13.1 Å². The van der Waals surface area contributed by atoms with Crippen LogP contribution >= 0.6 is 0 Å². The lowest BCUT2D eigenvalue weighted by Crippen LogP contribution is -2.38. The normalized spacial score (nSPS) is 23.9. The van der Waals surface area contributed by atoms with Crippen molar-refractivity contribution >= 4 is 11.5 Å². The fourth-order valence-corrected chi connectivity index (χ4v) is 1.45. The summed E-state index contributed by atoms with van der Waals surface area (Å²) >= 11 is 0. The molecular formula is C7H11N3. The van der Waals surface area contributed by atoms with Gasteiger partial charge in [-0.25, -0.2) is 0 Å². The smallest absolute Gasteiger partial charge is 0.145 e. The van der Waals surface area contributed by atoms with E-state index in [1.165, 1.54) is 0 Å². The zero-order valence-electron chi connectivity index (χ0n) is 6.17. The Bertz CT molecular complexity index is 205. The second-order valence-corrected chi connectivity index (χ2v) is 2.66. The molecule has 0 bridgehead atoms. The zero-order chi connectivity index (χ0) is 6.97. The number of fused-ring (bicyclic) bond motifs is 1. The van der Waals surface area contributed by atoms with Crippen molar-refractivity contribution in [3.8, 4) is 0 Å². The summed E-state index contributed by atoms with van der Waals surface area (Å²) in [6.07, 6.45) is 0. The molecule has 0 amide bonds. The summed E-state index contributed by atoms with van der Waals surface area (Å²) in [5, 5.41) is 0. The zero-order valence-corrected chi connectivity index (χ0v) is 6.17. The number of hydrogen-bond acceptors (Lipinski definition) is 3. The highest BCUT2D eigenvalue weighted by Crippen LogP contribution is 2.06. The first-order valence-electron chi connectivity index (χ1n) is 3.69. The number of nitrogens with zero attached hydrogens (tertiary/aromatic N) is 3. The van der Waals surface area contributed by atoms with Crippen LogP contribution in [0, 0.1) is 0 Å². The Balaban J connectivity index is 2.30. The van der Waals surface area contributed by atoms with Crippen molar-refractivity contribution in [2.75, 3.05) is 26.2 Å². The van der Waals surface area contributed by atoms with Gasteiger partial charge in [-0.05, 0) is 6.92 Å². The SMILES string of the molecule is CC1=NCCN2CCN=C12. The lowest BCUT2D eigenvalue weighted by molar-refractivity contribution is 0.465. The molecule has 2 heterocycles. The van der Waals surface area contributed by atoms with E-state index in [2.05, 4.69) is 14.9 Å². The Morgan fingerprint density at radius 1 is 1.20 bits per heavy atom.